The zero-order valence-corrected chi connectivity index (χ0v) is 17.6. The Kier molecular flexibility index (Phi) is 6.28. The number of amides is 1. The molecule has 3 fully saturated rings. The largest absolute Gasteiger partial charge is 0.416 e. The first-order chi connectivity index (χ1) is 14.3. The molecule has 0 spiro atoms. The molecular weight excluding hydrogens is 391 g/mol. The number of hydrogen-bond acceptors (Lipinski definition) is 3. The first-order valence-corrected chi connectivity index (χ1v) is 11.2. The Morgan fingerprint density at radius 2 is 1.67 bits per heavy atom. The van der Waals surface area contributed by atoms with Crippen LogP contribution in [-0.4, -0.2) is 49.6 Å². The molecule has 1 heterocycles. The third-order valence-electron chi connectivity index (χ3n) is 7.05. The summed E-state index contributed by atoms with van der Waals surface area (Å²) in [6, 6.07) is 5.80. The first-order valence-electron chi connectivity index (χ1n) is 11.2. The minimum atomic E-state index is -4.29. The highest BCUT2D eigenvalue weighted by molar-refractivity contribution is 5.81. The van der Waals surface area contributed by atoms with Crippen LogP contribution in [0.2, 0.25) is 0 Å². The fraction of sp³-hybridized carbons (Fsp3) is 0.696. The van der Waals surface area contributed by atoms with Crippen molar-refractivity contribution in [2.75, 3.05) is 37.6 Å². The number of carbonyl (C=O) groups excluding carboxylic acids is 1. The van der Waals surface area contributed by atoms with Crippen molar-refractivity contribution in [2.24, 2.45) is 17.8 Å². The van der Waals surface area contributed by atoms with Crippen LogP contribution in [0.25, 0.3) is 0 Å². The predicted octanol–water partition coefficient (Wildman–Crippen LogP) is 4.16. The topological polar surface area (TPSA) is 35.6 Å². The number of halogens is 3. The van der Waals surface area contributed by atoms with Gasteiger partial charge in [0.05, 0.1) is 5.56 Å². The number of hydrogen-bond donors (Lipinski definition) is 1. The van der Waals surface area contributed by atoms with Crippen LogP contribution in [0, 0.1) is 17.8 Å². The smallest absolute Gasteiger partial charge is 0.369 e. The predicted molar refractivity (Wildman–Crippen MR) is 111 cm³/mol. The van der Waals surface area contributed by atoms with E-state index in [-0.39, 0.29) is 11.8 Å². The van der Waals surface area contributed by atoms with Gasteiger partial charge in [0.2, 0.25) is 5.91 Å². The molecule has 4 rings (SSSR count). The Balaban J connectivity index is 1.18. The van der Waals surface area contributed by atoms with Crippen molar-refractivity contribution in [3.63, 3.8) is 0 Å². The standard InChI is InChI=1S/C23H32F3N3O/c1-16-2-6-19(7-3-16)27-22(30)21-14-17(21)15-28-10-12-29(13-11-28)20-8-4-18(5-9-20)23(24,25)26/h4-5,8-9,16-17,19,21H,2-3,6-7,10-15H2,1H3,(H,27,30)/t16?,17-,19?,21+/m1/s1. The maximum atomic E-state index is 12.7. The van der Waals surface area contributed by atoms with E-state index in [1.54, 1.807) is 12.1 Å². The SMILES string of the molecule is CC1CCC(NC(=O)[C@H]2C[C@@H]2CN2CCN(c3ccc(C(F)(F)F)cc3)CC2)CC1. The van der Waals surface area contributed by atoms with Gasteiger partial charge in [0.1, 0.15) is 0 Å². The van der Waals surface area contributed by atoms with Gasteiger partial charge >= 0.3 is 6.18 Å². The molecule has 0 unspecified atom stereocenters. The number of nitrogens with one attached hydrogen (secondary N) is 1. The Hall–Kier alpha value is -1.76. The van der Waals surface area contributed by atoms with E-state index in [4.69, 9.17) is 0 Å². The van der Waals surface area contributed by atoms with Crippen LogP contribution in [0.15, 0.2) is 24.3 Å². The molecule has 3 aliphatic rings. The van der Waals surface area contributed by atoms with Crippen LogP contribution in [0.4, 0.5) is 18.9 Å². The van der Waals surface area contributed by atoms with Crippen molar-refractivity contribution in [1.82, 2.24) is 10.2 Å². The van der Waals surface area contributed by atoms with E-state index in [0.717, 1.165) is 75.7 Å². The van der Waals surface area contributed by atoms with Crippen LogP contribution in [-0.2, 0) is 11.0 Å². The Labute approximate surface area is 176 Å². The summed E-state index contributed by atoms with van der Waals surface area (Å²) in [6.07, 6.45) is 1.32. The summed E-state index contributed by atoms with van der Waals surface area (Å²) in [5.74, 6) is 1.64. The van der Waals surface area contributed by atoms with E-state index >= 15 is 0 Å². The van der Waals surface area contributed by atoms with E-state index in [9.17, 15) is 18.0 Å². The highest BCUT2D eigenvalue weighted by atomic mass is 19.4. The second-order valence-corrected chi connectivity index (χ2v) is 9.40. The van der Waals surface area contributed by atoms with E-state index in [2.05, 4.69) is 22.0 Å². The van der Waals surface area contributed by atoms with E-state index in [1.807, 2.05) is 0 Å². The van der Waals surface area contributed by atoms with Crippen LogP contribution in [0.1, 0.15) is 44.6 Å². The quantitative estimate of drug-likeness (QED) is 0.773. The van der Waals surface area contributed by atoms with Crippen molar-refractivity contribution in [3.05, 3.63) is 29.8 Å². The molecule has 0 bridgehead atoms. The lowest BCUT2D eigenvalue weighted by Crippen LogP contribution is -2.47. The zero-order valence-electron chi connectivity index (χ0n) is 17.6. The minimum absolute atomic E-state index is 0.164. The number of rotatable bonds is 5. The van der Waals surface area contributed by atoms with Gasteiger partial charge in [-0.2, -0.15) is 13.2 Å². The third kappa shape index (κ3) is 5.29. The summed E-state index contributed by atoms with van der Waals surface area (Å²) in [5.41, 5.74) is 0.235. The zero-order chi connectivity index (χ0) is 21.3. The average molecular weight is 424 g/mol. The monoisotopic (exact) mass is 423 g/mol. The summed E-state index contributed by atoms with van der Waals surface area (Å²) in [4.78, 5) is 17.1. The van der Waals surface area contributed by atoms with Gasteiger partial charge in [0, 0.05) is 50.4 Å². The number of alkyl halides is 3. The van der Waals surface area contributed by atoms with Crippen molar-refractivity contribution in [1.29, 1.82) is 0 Å². The van der Waals surface area contributed by atoms with Crippen LogP contribution in [0.5, 0.6) is 0 Å². The van der Waals surface area contributed by atoms with Crippen molar-refractivity contribution in [3.8, 4) is 0 Å². The van der Waals surface area contributed by atoms with Crippen molar-refractivity contribution >= 4 is 11.6 Å². The molecule has 4 nitrogen and oxygen atoms in total. The lowest BCUT2D eigenvalue weighted by molar-refractivity contribution is -0.137. The van der Waals surface area contributed by atoms with E-state index in [1.165, 1.54) is 12.8 Å². The van der Waals surface area contributed by atoms with Gasteiger partial charge in [-0.05, 0) is 68.2 Å². The summed E-state index contributed by atoms with van der Waals surface area (Å²) in [5, 5.41) is 3.27. The molecule has 30 heavy (non-hydrogen) atoms. The number of anilines is 1. The van der Waals surface area contributed by atoms with Gasteiger partial charge in [0.25, 0.3) is 0 Å². The molecule has 2 atom stereocenters. The summed E-state index contributed by atoms with van der Waals surface area (Å²) in [7, 11) is 0. The molecule has 166 valence electrons. The van der Waals surface area contributed by atoms with Crippen LogP contribution >= 0.6 is 0 Å². The molecule has 1 aliphatic heterocycles. The number of benzene rings is 1. The lowest BCUT2D eigenvalue weighted by Gasteiger charge is -2.36. The fourth-order valence-corrected chi connectivity index (χ4v) is 4.86. The molecule has 1 aromatic rings. The Morgan fingerprint density at radius 1 is 1.03 bits per heavy atom. The normalized spacial score (nSPS) is 30.2. The number of carbonyl (C=O) groups is 1. The maximum absolute atomic E-state index is 12.7. The minimum Gasteiger partial charge on any atom is -0.369 e. The second kappa shape index (κ2) is 8.77. The molecule has 1 amide bonds. The third-order valence-corrected chi connectivity index (χ3v) is 7.05. The molecule has 7 heteroatoms. The molecule has 2 aliphatic carbocycles. The van der Waals surface area contributed by atoms with Gasteiger partial charge in [-0.3, -0.25) is 9.69 Å². The molecular formula is C23H32F3N3O. The fourth-order valence-electron chi connectivity index (χ4n) is 4.86. The van der Waals surface area contributed by atoms with Crippen LogP contribution in [0.3, 0.4) is 0 Å². The van der Waals surface area contributed by atoms with E-state index in [0.29, 0.717) is 12.0 Å². The molecule has 0 aromatic heterocycles. The van der Waals surface area contributed by atoms with Crippen LogP contribution < -0.4 is 10.2 Å². The number of piperazine rings is 1. The maximum Gasteiger partial charge on any atom is 0.416 e. The van der Waals surface area contributed by atoms with Gasteiger partial charge in [0.15, 0.2) is 0 Å². The Bertz CT molecular complexity index is 720. The Morgan fingerprint density at radius 3 is 2.27 bits per heavy atom. The number of nitrogens with zero attached hydrogens (tertiary/aromatic N) is 2. The average Bonchev–Trinajstić information content (AvgIpc) is 3.49. The van der Waals surface area contributed by atoms with E-state index < -0.39 is 11.7 Å². The summed E-state index contributed by atoms with van der Waals surface area (Å²) < 4.78 is 38.2. The second-order valence-electron chi connectivity index (χ2n) is 9.40. The molecule has 2 saturated carbocycles. The molecule has 1 aromatic carbocycles. The molecule has 1 saturated heterocycles. The molecule has 1 N–H and O–H groups in total. The van der Waals surface area contributed by atoms with Crippen molar-refractivity contribution in [2.45, 2.75) is 51.2 Å². The molecule has 0 radical (unpaired) electrons. The highest BCUT2D eigenvalue weighted by Crippen LogP contribution is 2.40. The summed E-state index contributed by atoms with van der Waals surface area (Å²) in [6.45, 7) is 6.59. The van der Waals surface area contributed by atoms with Gasteiger partial charge in [-0.15, -0.1) is 0 Å². The first kappa shape index (κ1) is 21.5. The summed E-state index contributed by atoms with van der Waals surface area (Å²) >= 11 is 0. The van der Waals surface area contributed by atoms with Gasteiger partial charge in [-0.1, -0.05) is 6.92 Å². The van der Waals surface area contributed by atoms with Gasteiger partial charge in [-0.25, -0.2) is 0 Å². The van der Waals surface area contributed by atoms with Gasteiger partial charge < -0.3 is 10.2 Å². The van der Waals surface area contributed by atoms with Crippen molar-refractivity contribution < 1.29 is 18.0 Å². The highest BCUT2D eigenvalue weighted by Gasteiger charge is 2.44. The lowest BCUT2D eigenvalue weighted by atomic mass is 9.87.